The van der Waals surface area contributed by atoms with Gasteiger partial charge in [0.1, 0.15) is 18.7 Å². The van der Waals surface area contributed by atoms with Crippen LogP contribution in [0.15, 0.2) is 53.3 Å². The van der Waals surface area contributed by atoms with Crippen molar-refractivity contribution in [1.29, 1.82) is 0 Å². The lowest BCUT2D eigenvalue weighted by atomic mass is 10.2. The molecule has 27 heavy (non-hydrogen) atoms. The van der Waals surface area contributed by atoms with Crippen LogP contribution in [0.5, 0.6) is 11.5 Å². The molecule has 4 rings (SSSR count). The molecule has 0 saturated carbocycles. The van der Waals surface area contributed by atoms with E-state index in [1.54, 1.807) is 31.3 Å². The molecule has 2 heterocycles. The van der Waals surface area contributed by atoms with Gasteiger partial charge in [0.05, 0.1) is 11.9 Å². The van der Waals surface area contributed by atoms with Gasteiger partial charge in [-0.25, -0.2) is 4.68 Å². The number of amides is 1. The highest BCUT2D eigenvalue weighted by Crippen LogP contribution is 2.30. The van der Waals surface area contributed by atoms with E-state index in [1.165, 1.54) is 4.90 Å². The van der Waals surface area contributed by atoms with Crippen LogP contribution in [0, 0.1) is 0 Å². The molecule has 1 aromatic heterocycles. The number of hydrogen-bond acceptors (Lipinski definition) is 6. The Bertz CT molecular complexity index is 1050. The molecule has 0 aliphatic carbocycles. The summed E-state index contributed by atoms with van der Waals surface area (Å²) in [6.45, 7) is 0.505. The highest BCUT2D eigenvalue weighted by molar-refractivity contribution is 5.78. The van der Waals surface area contributed by atoms with Crippen LogP contribution in [0.4, 0.5) is 0 Å². The monoisotopic (exact) mass is 366 g/mol. The zero-order valence-corrected chi connectivity index (χ0v) is 14.7. The Morgan fingerprint density at radius 1 is 1.19 bits per heavy atom. The highest BCUT2D eigenvalue weighted by Gasteiger charge is 2.24. The Morgan fingerprint density at radius 3 is 2.78 bits per heavy atom. The molecule has 0 N–H and O–H groups in total. The van der Waals surface area contributed by atoms with E-state index in [1.807, 2.05) is 24.3 Å². The molecule has 1 aliphatic heterocycles. The van der Waals surface area contributed by atoms with E-state index in [-0.39, 0.29) is 24.1 Å². The van der Waals surface area contributed by atoms with Crippen LogP contribution < -0.4 is 15.0 Å². The quantitative estimate of drug-likeness (QED) is 0.687. The average Bonchev–Trinajstić information content (AvgIpc) is 2.70. The maximum Gasteiger partial charge on any atom is 0.278 e. The van der Waals surface area contributed by atoms with E-state index in [2.05, 4.69) is 10.3 Å². The van der Waals surface area contributed by atoms with Gasteiger partial charge in [-0.1, -0.05) is 29.5 Å². The van der Waals surface area contributed by atoms with Gasteiger partial charge in [0, 0.05) is 7.05 Å². The average molecular weight is 366 g/mol. The van der Waals surface area contributed by atoms with Gasteiger partial charge in [0.25, 0.3) is 5.56 Å². The number of likely N-dealkylation sites (N-methyl/N-ethyl adjacent to an activating group) is 1. The van der Waals surface area contributed by atoms with Crippen LogP contribution in [0.25, 0.3) is 10.9 Å². The lowest BCUT2D eigenvalue weighted by molar-refractivity contribution is -0.132. The fourth-order valence-corrected chi connectivity index (χ4v) is 2.94. The van der Waals surface area contributed by atoms with Crippen LogP contribution in [0.3, 0.4) is 0 Å². The summed E-state index contributed by atoms with van der Waals surface area (Å²) in [4.78, 5) is 26.5. The van der Waals surface area contributed by atoms with Crippen molar-refractivity contribution in [3.8, 4) is 11.5 Å². The van der Waals surface area contributed by atoms with E-state index in [9.17, 15) is 9.59 Å². The largest absolute Gasteiger partial charge is 0.486 e. The first-order chi connectivity index (χ1) is 13.1. The number of fused-ring (bicyclic) bond motifs is 2. The first-order valence-corrected chi connectivity index (χ1v) is 8.57. The maximum absolute atomic E-state index is 12.5. The zero-order valence-electron chi connectivity index (χ0n) is 14.7. The minimum atomic E-state index is -0.339. The minimum Gasteiger partial charge on any atom is -0.486 e. The van der Waals surface area contributed by atoms with Crippen molar-refractivity contribution in [1.82, 2.24) is 19.9 Å². The number of carbonyl (C=O) groups excluding carboxylic acids is 1. The lowest BCUT2D eigenvalue weighted by Gasteiger charge is -2.29. The van der Waals surface area contributed by atoms with Crippen molar-refractivity contribution in [3.63, 3.8) is 0 Å². The summed E-state index contributed by atoms with van der Waals surface area (Å²) in [5.41, 5.74) is 0.166. The highest BCUT2D eigenvalue weighted by atomic mass is 16.6. The molecule has 138 valence electrons. The molecule has 8 heteroatoms. The fraction of sp³-hybridized carbons (Fsp3) is 0.263. The van der Waals surface area contributed by atoms with Crippen LogP contribution in [-0.4, -0.2) is 52.1 Å². The third-order valence-electron chi connectivity index (χ3n) is 4.39. The summed E-state index contributed by atoms with van der Waals surface area (Å²) >= 11 is 0. The Balaban J connectivity index is 1.43. The number of para-hydroxylation sites is 2. The molecular weight excluding hydrogens is 348 g/mol. The Labute approximate surface area is 154 Å². The molecule has 0 spiro atoms. The van der Waals surface area contributed by atoms with E-state index >= 15 is 0 Å². The fourth-order valence-electron chi connectivity index (χ4n) is 2.94. The third kappa shape index (κ3) is 3.46. The second-order valence-corrected chi connectivity index (χ2v) is 6.34. The Hall–Kier alpha value is -3.42. The topological polar surface area (TPSA) is 86.6 Å². The number of carbonyl (C=O) groups is 1. The molecule has 1 aliphatic rings. The van der Waals surface area contributed by atoms with Crippen LogP contribution in [0.2, 0.25) is 0 Å². The van der Waals surface area contributed by atoms with Crippen molar-refractivity contribution >= 4 is 16.8 Å². The molecule has 8 nitrogen and oxygen atoms in total. The first kappa shape index (κ1) is 17.0. The van der Waals surface area contributed by atoms with Gasteiger partial charge in [0.2, 0.25) is 5.91 Å². The first-order valence-electron chi connectivity index (χ1n) is 8.57. The van der Waals surface area contributed by atoms with Gasteiger partial charge >= 0.3 is 0 Å². The third-order valence-corrected chi connectivity index (χ3v) is 4.39. The summed E-state index contributed by atoms with van der Waals surface area (Å²) in [5.74, 6) is 1.09. The normalized spacial score (nSPS) is 15.5. The number of ether oxygens (including phenoxy) is 2. The zero-order chi connectivity index (χ0) is 18.8. The van der Waals surface area contributed by atoms with Crippen molar-refractivity contribution in [3.05, 3.63) is 58.9 Å². The molecule has 1 amide bonds. The van der Waals surface area contributed by atoms with Gasteiger partial charge in [-0.15, -0.1) is 5.10 Å². The molecule has 1 unspecified atom stereocenters. The molecule has 0 bridgehead atoms. The van der Waals surface area contributed by atoms with Gasteiger partial charge < -0.3 is 14.4 Å². The van der Waals surface area contributed by atoms with Gasteiger partial charge in [-0.3, -0.25) is 9.59 Å². The summed E-state index contributed by atoms with van der Waals surface area (Å²) < 4.78 is 12.6. The summed E-state index contributed by atoms with van der Waals surface area (Å²) in [6.07, 6.45) is -0.284. The number of hydrogen-bond donors (Lipinski definition) is 0. The number of nitrogens with zero attached hydrogens (tertiary/aromatic N) is 4. The standard InChI is InChI=1S/C19H18N4O4/c1-22(10-13-12-26-16-8-4-5-9-17(16)27-13)18(24)11-23-19(25)14-6-2-3-7-15(14)20-21-23/h2-9,13H,10-12H2,1H3. The van der Waals surface area contributed by atoms with Crippen LogP contribution >= 0.6 is 0 Å². The van der Waals surface area contributed by atoms with E-state index in [0.717, 1.165) is 4.68 Å². The second-order valence-electron chi connectivity index (χ2n) is 6.34. The molecule has 1 atom stereocenters. The molecule has 0 radical (unpaired) electrons. The minimum absolute atomic E-state index is 0.183. The molecular formula is C19H18N4O4. The van der Waals surface area contributed by atoms with Gasteiger partial charge in [-0.2, -0.15) is 0 Å². The van der Waals surface area contributed by atoms with Gasteiger partial charge in [-0.05, 0) is 24.3 Å². The van der Waals surface area contributed by atoms with E-state index in [0.29, 0.717) is 35.6 Å². The van der Waals surface area contributed by atoms with Gasteiger partial charge in [0.15, 0.2) is 17.6 Å². The van der Waals surface area contributed by atoms with Crippen LogP contribution in [0.1, 0.15) is 0 Å². The van der Waals surface area contributed by atoms with E-state index < -0.39 is 0 Å². The number of aromatic nitrogens is 3. The second kappa shape index (κ2) is 7.06. The Kier molecular flexibility index (Phi) is 4.45. The van der Waals surface area contributed by atoms with Crippen molar-refractivity contribution in [2.24, 2.45) is 0 Å². The number of benzene rings is 2. The Morgan fingerprint density at radius 2 is 1.93 bits per heavy atom. The molecule has 0 saturated heterocycles. The van der Waals surface area contributed by atoms with Crippen molar-refractivity contribution < 1.29 is 14.3 Å². The smallest absolute Gasteiger partial charge is 0.278 e. The summed E-state index contributed by atoms with van der Waals surface area (Å²) in [6, 6.07) is 14.3. The van der Waals surface area contributed by atoms with Crippen molar-refractivity contribution in [2.45, 2.75) is 12.6 Å². The van der Waals surface area contributed by atoms with Crippen LogP contribution in [-0.2, 0) is 11.3 Å². The number of rotatable bonds is 4. The predicted octanol–water partition coefficient (Wildman–Crippen LogP) is 1.09. The predicted molar refractivity (Wildman–Crippen MR) is 97.8 cm³/mol. The summed E-state index contributed by atoms with van der Waals surface area (Å²) in [5, 5.41) is 8.28. The molecule has 3 aromatic rings. The molecule has 0 fully saturated rings. The van der Waals surface area contributed by atoms with Crippen molar-refractivity contribution in [2.75, 3.05) is 20.2 Å². The maximum atomic E-state index is 12.5. The summed E-state index contributed by atoms with van der Waals surface area (Å²) in [7, 11) is 1.66. The van der Waals surface area contributed by atoms with E-state index in [4.69, 9.17) is 9.47 Å². The SMILES string of the molecule is CN(CC1COc2ccccc2O1)C(=O)Cn1nnc2ccccc2c1=O. The molecule has 2 aromatic carbocycles. The lowest BCUT2D eigenvalue weighted by Crippen LogP contribution is -2.43.